The minimum Gasteiger partial charge on any atom is -0.423 e. The summed E-state index contributed by atoms with van der Waals surface area (Å²) in [6.45, 7) is -0.278. The van der Waals surface area contributed by atoms with Crippen molar-refractivity contribution in [2.75, 3.05) is 6.67 Å². The summed E-state index contributed by atoms with van der Waals surface area (Å²) in [5.74, 6) is -1.72. The van der Waals surface area contributed by atoms with Crippen LogP contribution in [0.25, 0.3) is 0 Å². The molecule has 0 saturated heterocycles. The Kier molecular flexibility index (Phi) is 8.01. The Bertz CT molecular complexity index is 607. The second-order valence-corrected chi connectivity index (χ2v) is 7.42. The zero-order valence-electron chi connectivity index (χ0n) is 15.5. The molecule has 1 aliphatic rings. The van der Waals surface area contributed by atoms with Crippen LogP contribution in [-0.4, -0.2) is 19.0 Å². The standard InChI is InChI=1S/C20H25F7O/c21-12-4-2-1-3-5-14-6-8-15(9-7-14)16-10-11-18(17(22)13-16)28-20(26,27)19(23,24)25/h10-11,13-15H,1-9,12H2. The van der Waals surface area contributed by atoms with Crippen LogP contribution >= 0.6 is 0 Å². The number of halogens is 7. The van der Waals surface area contributed by atoms with Crippen LogP contribution < -0.4 is 4.74 Å². The smallest absolute Gasteiger partial charge is 0.423 e. The molecule has 0 aromatic heterocycles. The van der Waals surface area contributed by atoms with E-state index in [-0.39, 0.29) is 12.6 Å². The van der Waals surface area contributed by atoms with Gasteiger partial charge in [-0.1, -0.05) is 31.7 Å². The van der Waals surface area contributed by atoms with E-state index >= 15 is 0 Å². The Morgan fingerprint density at radius 1 is 0.893 bits per heavy atom. The first-order valence-electron chi connectivity index (χ1n) is 9.63. The Morgan fingerprint density at radius 3 is 2.11 bits per heavy atom. The van der Waals surface area contributed by atoms with Crippen LogP contribution in [0.4, 0.5) is 30.7 Å². The lowest BCUT2D eigenvalue weighted by Gasteiger charge is -2.29. The molecule has 0 radical (unpaired) electrons. The molecule has 0 aliphatic heterocycles. The second kappa shape index (κ2) is 9.83. The van der Waals surface area contributed by atoms with Crippen molar-refractivity contribution in [3.8, 4) is 5.75 Å². The van der Waals surface area contributed by atoms with Gasteiger partial charge in [-0.15, -0.1) is 0 Å². The fourth-order valence-electron chi connectivity index (χ4n) is 3.72. The molecule has 1 aromatic carbocycles. The predicted octanol–water partition coefficient (Wildman–Crippen LogP) is 7.55. The predicted molar refractivity (Wildman–Crippen MR) is 91.8 cm³/mol. The van der Waals surface area contributed by atoms with Crippen LogP contribution in [0.2, 0.25) is 0 Å². The molecular formula is C20H25F7O. The summed E-state index contributed by atoms with van der Waals surface area (Å²) in [7, 11) is 0. The maximum absolute atomic E-state index is 14.0. The first kappa shape index (κ1) is 22.8. The lowest BCUT2D eigenvalue weighted by Crippen LogP contribution is -2.42. The number of hydrogen-bond acceptors (Lipinski definition) is 1. The Balaban J connectivity index is 1.86. The summed E-state index contributed by atoms with van der Waals surface area (Å²) in [5.41, 5.74) is 0.585. The molecule has 1 aromatic rings. The van der Waals surface area contributed by atoms with Gasteiger partial charge in [-0.25, -0.2) is 4.39 Å². The summed E-state index contributed by atoms with van der Waals surface area (Å²) in [5, 5.41) is 0. The van der Waals surface area contributed by atoms with Crippen molar-refractivity contribution < 1.29 is 35.5 Å². The van der Waals surface area contributed by atoms with Crippen molar-refractivity contribution in [1.29, 1.82) is 0 Å². The molecule has 0 spiro atoms. The van der Waals surface area contributed by atoms with Crippen molar-refractivity contribution in [2.45, 2.75) is 76.0 Å². The van der Waals surface area contributed by atoms with E-state index in [0.717, 1.165) is 63.5 Å². The normalized spacial score (nSPS) is 21.0. The molecule has 0 heterocycles. The van der Waals surface area contributed by atoms with Crippen LogP contribution in [0.15, 0.2) is 18.2 Å². The van der Waals surface area contributed by atoms with Gasteiger partial charge in [0.05, 0.1) is 6.67 Å². The van der Waals surface area contributed by atoms with E-state index in [0.29, 0.717) is 17.9 Å². The third kappa shape index (κ3) is 6.27. The van der Waals surface area contributed by atoms with Gasteiger partial charge < -0.3 is 4.74 Å². The van der Waals surface area contributed by atoms with Crippen molar-refractivity contribution in [2.24, 2.45) is 5.92 Å². The van der Waals surface area contributed by atoms with Crippen molar-refractivity contribution in [3.05, 3.63) is 29.6 Å². The van der Waals surface area contributed by atoms with Crippen molar-refractivity contribution in [3.63, 3.8) is 0 Å². The fraction of sp³-hybridized carbons (Fsp3) is 0.700. The van der Waals surface area contributed by atoms with Gasteiger partial charge in [0.1, 0.15) is 0 Å². The van der Waals surface area contributed by atoms with E-state index in [1.165, 1.54) is 6.07 Å². The molecule has 0 atom stereocenters. The van der Waals surface area contributed by atoms with Crippen LogP contribution in [0.3, 0.4) is 0 Å². The number of benzene rings is 1. The van der Waals surface area contributed by atoms with E-state index in [1.807, 2.05) is 0 Å². The van der Waals surface area contributed by atoms with Crippen molar-refractivity contribution in [1.82, 2.24) is 0 Å². The number of unbranched alkanes of at least 4 members (excludes halogenated alkanes) is 3. The van der Waals surface area contributed by atoms with E-state index in [9.17, 15) is 30.7 Å². The van der Waals surface area contributed by atoms with Crippen LogP contribution in [0.1, 0.15) is 69.3 Å². The molecule has 1 saturated carbocycles. The fourth-order valence-corrected chi connectivity index (χ4v) is 3.72. The topological polar surface area (TPSA) is 9.23 Å². The molecule has 1 fully saturated rings. The van der Waals surface area contributed by atoms with E-state index < -0.39 is 23.9 Å². The average Bonchev–Trinajstić information content (AvgIpc) is 2.63. The maximum atomic E-state index is 14.0. The summed E-state index contributed by atoms with van der Waals surface area (Å²) in [4.78, 5) is 0. The van der Waals surface area contributed by atoms with Gasteiger partial charge in [-0.3, -0.25) is 4.39 Å². The highest BCUT2D eigenvalue weighted by molar-refractivity contribution is 5.32. The van der Waals surface area contributed by atoms with Gasteiger partial charge in [0.2, 0.25) is 0 Å². The number of ether oxygens (including phenoxy) is 1. The third-order valence-corrected chi connectivity index (χ3v) is 5.34. The Hall–Kier alpha value is -1.47. The molecule has 28 heavy (non-hydrogen) atoms. The SMILES string of the molecule is FCCCCCCC1CCC(c2ccc(OC(F)(F)C(F)(F)F)c(F)c2)CC1. The zero-order valence-corrected chi connectivity index (χ0v) is 15.5. The molecule has 160 valence electrons. The third-order valence-electron chi connectivity index (χ3n) is 5.34. The van der Waals surface area contributed by atoms with Gasteiger partial charge in [0.15, 0.2) is 11.6 Å². The lowest BCUT2D eigenvalue weighted by molar-refractivity contribution is -0.361. The second-order valence-electron chi connectivity index (χ2n) is 7.42. The molecule has 1 nitrogen and oxygen atoms in total. The average molecular weight is 414 g/mol. The first-order valence-corrected chi connectivity index (χ1v) is 9.63. The summed E-state index contributed by atoms with van der Waals surface area (Å²) in [6, 6.07) is 3.18. The lowest BCUT2D eigenvalue weighted by atomic mass is 9.77. The quantitative estimate of drug-likeness (QED) is 0.299. The molecule has 0 bridgehead atoms. The van der Waals surface area contributed by atoms with Gasteiger partial charge in [0.25, 0.3) is 0 Å². The molecule has 0 unspecified atom stereocenters. The van der Waals surface area contributed by atoms with Crippen LogP contribution in [-0.2, 0) is 0 Å². The molecule has 0 amide bonds. The number of rotatable bonds is 9. The maximum Gasteiger partial charge on any atom is 0.499 e. The van der Waals surface area contributed by atoms with E-state index in [2.05, 4.69) is 4.74 Å². The highest BCUT2D eigenvalue weighted by Gasteiger charge is 2.61. The Morgan fingerprint density at radius 2 is 1.54 bits per heavy atom. The highest BCUT2D eigenvalue weighted by Crippen LogP contribution is 2.41. The van der Waals surface area contributed by atoms with Crippen molar-refractivity contribution >= 4 is 0 Å². The molecule has 1 aliphatic carbocycles. The molecule has 0 N–H and O–H groups in total. The van der Waals surface area contributed by atoms with Crippen LogP contribution in [0, 0.1) is 11.7 Å². The van der Waals surface area contributed by atoms with Gasteiger partial charge in [-0.05, 0) is 61.6 Å². The summed E-state index contributed by atoms with van der Waals surface area (Å²) in [6.07, 6.45) is -3.17. The first-order chi connectivity index (χ1) is 13.1. The number of hydrogen-bond donors (Lipinski definition) is 0. The largest absolute Gasteiger partial charge is 0.499 e. The minimum absolute atomic E-state index is 0.0504. The molecule has 2 rings (SSSR count). The Labute approximate surface area is 160 Å². The van der Waals surface area contributed by atoms with Crippen LogP contribution in [0.5, 0.6) is 5.75 Å². The monoisotopic (exact) mass is 414 g/mol. The van der Waals surface area contributed by atoms with Gasteiger partial charge in [0, 0.05) is 0 Å². The summed E-state index contributed by atoms with van der Waals surface area (Å²) < 4.78 is 92.1. The van der Waals surface area contributed by atoms with E-state index in [4.69, 9.17) is 0 Å². The molecular weight excluding hydrogens is 389 g/mol. The zero-order chi connectivity index (χ0) is 20.8. The number of alkyl halides is 6. The van der Waals surface area contributed by atoms with Gasteiger partial charge in [-0.2, -0.15) is 22.0 Å². The van der Waals surface area contributed by atoms with E-state index in [1.54, 1.807) is 0 Å². The summed E-state index contributed by atoms with van der Waals surface area (Å²) >= 11 is 0. The van der Waals surface area contributed by atoms with Gasteiger partial charge >= 0.3 is 12.3 Å². The molecule has 8 heteroatoms. The highest BCUT2D eigenvalue weighted by atomic mass is 19.4. The minimum atomic E-state index is -5.91.